The Hall–Kier alpha value is -2.27. The van der Waals surface area contributed by atoms with Crippen molar-refractivity contribution in [3.63, 3.8) is 0 Å². The van der Waals surface area contributed by atoms with Crippen LogP contribution < -0.4 is 15.8 Å². The number of hydrogen-bond acceptors (Lipinski definition) is 7. The fourth-order valence-corrected chi connectivity index (χ4v) is 6.94. The number of nitrogens with one attached hydrogen (secondary N) is 2. The number of carbonyl (C=O) groups excluding carboxylic acids is 1. The van der Waals surface area contributed by atoms with Crippen molar-refractivity contribution in [3.8, 4) is 0 Å². The standard InChI is InChI=1S/C20H24ClFN6O2S/c1-11-8-12(21)9-24-17(11)20(29)28-16-6-5-13(22)18(27-16)19-14-4-2-3-7-25-31(14,30)10-15(23)26-19/h5-6,8-9,14,19,25,30H,2-4,7,10H2,1H3,(H2,23,26)(H,27,28,29)/t14-,19-/m0/s1. The topological polar surface area (TPSA) is 126 Å². The highest BCUT2D eigenvalue weighted by atomic mass is 35.5. The van der Waals surface area contributed by atoms with Crippen LogP contribution in [0.2, 0.25) is 5.02 Å². The van der Waals surface area contributed by atoms with Crippen LogP contribution in [0.5, 0.6) is 0 Å². The minimum atomic E-state index is -2.29. The van der Waals surface area contributed by atoms with Gasteiger partial charge in [-0.25, -0.2) is 14.4 Å². The lowest BCUT2D eigenvalue weighted by molar-refractivity contribution is 0.102. The summed E-state index contributed by atoms with van der Waals surface area (Å²) < 4.78 is 29.3. The Bertz CT molecular complexity index is 1050. The first-order valence-corrected chi connectivity index (χ1v) is 12.2. The Morgan fingerprint density at radius 1 is 1.42 bits per heavy atom. The van der Waals surface area contributed by atoms with Gasteiger partial charge in [-0.2, -0.15) is 0 Å². The van der Waals surface area contributed by atoms with Gasteiger partial charge in [0.2, 0.25) is 0 Å². The molecule has 2 aliphatic heterocycles. The van der Waals surface area contributed by atoms with Gasteiger partial charge in [0.25, 0.3) is 5.91 Å². The Kier molecular flexibility index (Phi) is 6.16. The number of fused-ring (bicyclic) bond motifs is 1. The zero-order valence-electron chi connectivity index (χ0n) is 16.9. The number of halogens is 2. The molecule has 2 aliphatic rings. The number of amidine groups is 1. The molecule has 2 aromatic heterocycles. The van der Waals surface area contributed by atoms with Gasteiger partial charge in [0.05, 0.1) is 16.0 Å². The first kappa shape index (κ1) is 21.9. The molecule has 0 radical (unpaired) electrons. The van der Waals surface area contributed by atoms with Crippen LogP contribution in [0, 0.1) is 12.7 Å². The second kappa shape index (κ2) is 8.70. The van der Waals surface area contributed by atoms with E-state index in [0.29, 0.717) is 23.6 Å². The molecular formula is C20H24ClFN6O2S. The summed E-state index contributed by atoms with van der Waals surface area (Å²) >= 11 is 5.90. The van der Waals surface area contributed by atoms with Gasteiger partial charge < -0.3 is 15.6 Å². The summed E-state index contributed by atoms with van der Waals surface area (Å²) in [5.41, 5.74) is 6.87. The molecule has 1 fully saturated rings. The van der Waals surface area contributed by atoms with Crippen LogP contribution in [0.3, 0.4) is 0 Å². The molecule has 31 heavy (non-hydrogen) atoms. The molecule has 0 aliphatic carbocycles. The molecule has 166 valence electrons. The van der Waals surface area contributed by atoms with Crippen LogP contribution in [0.1, 0.15) is 47.1 Å². The molecule has 0 saturated carbocycles. The van der Waals surface area contributed by atoms with Crippen molar-refractivity contribution in [1.29, 1.82) is 0 Å². The van der Waals surface area contributed by atoms with Crippen LogP contribution in [0.25, 0.3) is 0 Å². The summed E-state index contributed by atoms with van der Waals surface area (Å²) in [6.07, 6.45) is 3.87. The van der Waals surface area contributed by atoms with Crippen LogP contribution in [-0.2, 0) is 0 Å². The molecule has 1 amide bonds. The fraction of sp³-hybridized carbons (Fsp3) is 0.400. The predicted molar refractivity (Wildman–Crippen MR) is 121 cm³/mol. The van der Waals surface area contributed by atoms with E-state index in [0.717, 1.165) is 12.8 Å². The Labute approximate surface area is 186 Å². The minimum absolute atomic E-state index is 0.0564. The third kappa shape index (κ3) is 4.52. The molecule has 1 unspecified atom stereocenters. The summed E-state index contributed by atoms with van der Waals surface area (Å²) in [4.78, 5) is 25.5. The predicted octanol–water partition coefficient (Wildman–Crippen LogP) is 3.58. The van der Waals surface area contributed by atoms with E-state index in [1.165, 1.54) is 18.3 Å². The van der Waals surface area contributed by atoms with Gasteiger partial charge in [0.15, 0.2) is 0 Å². The van der Waals surface area contributed by atoms with Gasteiger partial charge in [-0.3, -0.25) is 14.5 Å². The van der Waals surface area contributed by atoms with Crippen molar-refractivity contribution in [3.05, 3.63) is 52.2 Å². The lowest BCUT2D eigenvalue weighted by atomic mass is 10.0. The van der Waals surface area contributed by atoms with E-state index in [4.69, 9.17) is 17.3 Å². The zero-order chi connectivity index (χ0) is 22.2. The third-order valence-corrected chi connectivity index (χ3v) is 8.59. The van der Waals surface area contributed by atoms with Crippen LogP contribution in [-0.4, -0.2) is 43.8 Å². The first-order valence-electron chi connectivity index (χ1n) is 9.96. The van der Waals surface area contributed by atoms with E-state index in [1.54, 1.807) is 13.0 Å². The van der Waals surface area contributed by atoms with Crippen molar-refractivity contribution in [2.75, 3.05) is 17.6 Å². The number of carbonyl (C=O) groups is 1. The number of rotatable bonds is 3. The number of amides is 1. The van der Waals surface area contributed by atoms with Crippen LogP contribution in [0.4, 0.5) is 10.2 Å². The molecule has 1 saturated heterocycles. The van der Waals surface area contributed by atoms with Gasteiger partial charge in [-0.05, 0) is 43.5 Å². The van der Waals surface area contributed by atoms with Gasteiger partial charge >= 0.3 is 0 Å². The number of pyridine rings is 2. The number of nitrogens with zero attached hydrogens (tertiary/aromatic N) is 3. The Morgan fingerprint density at radius 2 is 2.23 bits per heavy atom. The molecule has 11 heteroatoms. The number of aryl methyl sites for hydroxylation is 1. The highest BCUT2D eigenvalue weighted by molar-refractivity contribution is 8.28. The molecule has 0 spiro atoms. The first-order chi connectivity index (χ1) is 14.8. The molecular weight excluding hydrogens is 443 g/mol. The van der Waals surface area contributed by atoms with E-state index >= 15 is 0 Å². The average molecular weight is 467 g/mol. The highest BCUT2D eigenvalue weighted by Gasteiger charge is 2.44. The maximum absolute atomic E-state index is 14.8. The number of aliphatic imine (C=N–C) groups is 1. The van der Waals surface area contributed by atoms with E-state index in [2.05, 4.69) is 25.0 Å². The van der Waals surface area contributed by atoms with E-state index < -0.39 is 28.3 Å². The van der Waals surface area contributed by atoms with Crippen molar-refractivity contribution in [1.82, 2.24) is 14.7 Å². The summed E-state index contributed by atoms with van der Waals surface area (Å²) in [6.45, 7) is 2.40. The molecule has 2 aromatic rings. The summed E-state index contributed by atoms with van der Waals surface area (Å²) in [5.74, 6) is -0.354. The van der Waals surface area contributed by atoms with Gasteiger partial charge in [0.1, 0.15) is 34.9 Å². The Balaban J connectivity index is 1.65. The van der Waals surface area contributed by atoms with E-state index in [9.17, 15) is 13.7 Å². The number of aromatic nitrogens is 2. The van der Waals surface area contributed by atoms with E-state index in [-0.39, 0.29) is 34.0 Å². The van der Waals surface area contributed by atoms with Crippen molar-refractivity contribution in [2.24, 2.45) is 10.7 Å². The van der Waals surface area contributed by atoms with Gasteiger partial charge in [-0.15, -0.1) is 0 Å². The van der Waals surface area contributed by atoms with Gasteiger partial charge in [-0.1, -0.05) is 28.5 Å². The molecule has 8 nitrogen and oxygen atoms in total. The molecule has 0 bridgehead atoms. The monoisotopic (exact) mass is 466 g/mol. The van der Waals surface area contributed by atoms with Crippen LogP contribution >= 0.6 is 22.1 Å². The van der Waals surface area contributed by atoms with Crippen molar-refractivity contribution in [2.45, 2.75) is 37.5 Å². The lowest BCUT2D eigenvalue weighted by Crippen LogP contribution is -2.43. The second-order valence-electron chi connectivity index (χ2n) is 7.73. The number of hydrogen-bond donors (Lipinski definition) is 4. The lowest BCUT2D eigenvalue weighted by Gasteiger charge is -2.45. The normalized spacial score (nSPS) is 27.9. The highest BCUT2D eigenvalue weighted by Crippen LogP contribution is 2.55. The zero-order valence-corrected chi connectivity index (χ0v) is 18.5. The molecule has 4 rings (SSSR count). The quantitative estimate of drug-likeness (QED) is 0.547. The summed E-state index contributed by atoms with van der Waals surface area (Å²) in [6, 6.07) is 3.52. The number of nitrogens with two attached hydrogens (primary N) is 1. The maximum Gasteiger partial charge on any atom is 0.275 e. The second-order valence-corrected chi connectivity index (χ2v) is 10.9. The molecule has 0 aromatic carbocycles. The Morgan fingerprint density at radius 3 is 3.00 bits per heavy atom. The fourth-order valence-electron chi connectivity index (χ4n) is 4.00. The molecule has 4 heterocycles. The van der Waals surface area contributed by atoms with Gasteiger partial charge in [0, 0.05) is 12.7 Å². The summed E-state index contributed by atoms with van der Waals surface area (Å²) in [5, 5.41) is 2.77. The average Bonchev–Trinajstić information content (AvgIpc) is 2.89. The molecule has 3 atom stereocenters. The molecule has 5 N–H and O–H groups in total. The van der Waals surface area contributed by atoms with E-state index in [1.807, 2.05) is 0 Å². The van der Waals surface area contributed by atoms with Crippen molar-refractivity contribution >= 4 is 39.7 Å². The third-order valence-electron chi connectivity index (χ3n) is 5.45. The SMILES string of the molecule is Cc1cc(Cl)cnc1C(=O)Nc1ccc(F)c([C@H]2N=C(N)CS3(O)NCCCC[C@@H]23)n1. The van der Waals surface area contributed by atoms with Crippen LogP contribution in [0.15, 0.2) is 29.4 Å². The largest absolute Gasteiger partial charge is 0.387 e. The summed E-state index contributed by atoms with van der Waals surface area (Å²) in [7, 11) is -2.29. The van der Waals surface area contributed by atoms with Crippen molar-refractivity contribution < 1.29 is 13.7 Å². The number of anilines is 1. The maximum atomic E-state index is 14.8. The smallest absolute Gasteiger partial charge is 0.275 e. The minimum Gasteiger partial charge on any atom is -0.387 e.